The average molecular weight is 402 g/mol. The van der Waals surface area contributed by atoms with Crippen molar-refractivity contribution in [1.82, 2.24) is 9.80 Å². The number of thioether (sulfide) groups is 1. The number of likely N-dealkylation sites (N-methyl/N-ethyl adjacent to an activating group) is 1. The Morgan fingerprint density at radius 1 is 0.966 bits per heavy atom. The van der Waals surface area contributed by atoms with E-state index in [1.807, 2.05) is 6.08 Å². The number of benzene rings is 3. The van der Waals surface area contributed by atoms with Gasteiger partial charge >= 0.3 is 0 Å². The standard InChI is InChI=1S/C24H23N3OS/c1-2-26-11-13-27(14-12-26)24-25-23(28)22(29-24)16-21-19-9-5-3-7-17(19)15-18-8-4-6-10-20(18)21/h3-10,15-16H,2,11-14H2,1H3/b22-16-. The van der Waals surface area contributed by atoms with Crippen molar-refractivity contribution in [1.29, 1.82) is 0 Å². The van der Waals surface area contributed by atoms with E-state index in [0.717, 1.165) is 54.2 Å². The number of fused-ring (bicyclic) bond motifs is 2. The number of rotatable bonds is 2. The summed E-state index contributed by atoms with van der Waals surface area (Å²) in [7, 11) is 0. The maximum Gasteiger partial charge on any atom is 0.286 e. The average Bonchev–Trinajstić information content (AvgIpc) is 3.14. The second kappa shape index (κ2) is 7.65. The van der Waals surface area contributed by atoms with Crippen molar-refractivity contribution in [3.8, 4) is 0 Å². The number of aliphatic imine (C=N–C) groups is 1. The van der Waals surface area contributed by atoms with Crippen LogP contribution in [0.5, 0.6) is 0 Å². The lowest BCUT2D eigenvalue weighted by molar-refractivity contribution is -0.113. The molecule has 3 aromatic rings. The Morgan fingerprint density at radius 2 is 1.59 bits per heavy atom. The Bertz CT molecular complexity index is 1110. The molecule has 0 radical (unpaired) electrons. The van der Waals surface area contributed by atoms with Crippen molar-refractivity contribution in [3.05, 3.63) is 65.1 Å². The lowest BCUT2D eigenvalue weighted by atomic mass is 9.96. The highest BCUT2D eigenvalue weighted by Gasteiger charge is 2.28. The maximum atomic E-state index is 12.7. The number of carbonyl (C=O) groups is 1. The predicted octanol–water partition coefficient (Wildman–Crippen LogP) is 4.60. The molecule has 0 bridgehead atoms. The molecule has 0 atom stereocenters. The quantitative estimate of drug-likeness (QED) is 0.464. The van der Waals surface area contributed by atoms with Crippen LogP contribution in [0.4, 0.5) is 0 Å². The van der Waals surface area contributed by atoms with E-state index in [9.17, 15) is 4.79 Å². The Labute approximate surface area is 174 Å². The fourth-order valence-electron chi connectivity index (χ4n) is 4.12. The maximum absolute atomic E-state index is 12.7. The van der Waals surface area contributed by atoms with Gasteiger partial charge in [-0.3, -0.25) is 4.79 Å². The van der Waals surface area contributed by atoms with Gasteiger partial charge in [0, 0.05) is 26.2 Å². The highest BCUT2D eigenvalue weighted by Crippen LogP contribution is 2.35. The van der Waals surface area contributed by atoms with Gasteiger partial charge in [0.2, 0.25) is 0 Å². The van der Waals surface area contributed by atoms with Crippen LogP contribution in [-0.2, 0) is 4.79 Å². The van der Waals surface area contributed by atoms with Gasteiger partial charge in [0.05, 0.1) is 4.91 Å². The smallest absolute Gasteiger partial charge is 0.286 e. The van der Waals surface area contributed by atoms with Gasteiger partial charge in [-0.25, -0.2) is 0 Å². The van der Waals surface area contributed by atoms with E-state index in [1.165, 1.54) is 22.5 Å². The molecule has 0 unspecified atom stereocenters. The van der Waals surface area contributed by atoms with Gasteiger partial charge in [-0.05, 0) is 57.6 Å². The van der Waals surface area contributed by atoms with Crippen LogP contribution in [0.2, 0.25) is 0 Å². The molecule has 2 aliphatic heterocycles. The van der Waals surface area contributed by atoms with Crippen molar-refractivity contribution in [3.63, 3.8) is 0 Å². The van der Waals surface area contributed by atoms with E-state index in [-0.39, 0.29) is 5.91 Å². The number of nitrogens with zero attached hydrogens (tertiary/aromatic N) is 3. The number of amidine groups is 1. The number of amides is 1. The highest BCUT2D eigenvalue weighted by molar-refractivity contribution is 8.18. The molecule has 1 fully saturated rings. The largest absolute Gasteiger partial charge is 0.348 e. The third-order valence-corrected chi connectivity index (χ3v) is 6.83. The molecule has 1 amide bonds. The number of carbonyl (C=O) groups excluding carboxylic acids is 1. The molecule has 0 aliphatic carbocycles. The van der Waals surface area contributed by atoms with Crippen molar-refractivity contribution in [2.45, 2.75) is 6.92 Å². The molecular formula is C24H23N3OS. The molecule has 0 aromatic heterocycles. The Kier molecular flexibility index (Phi) is 4.86. The van der Waals surface area contributed by atoms with Crippen LogP contribution in [0.3, 0.4) is 0 Å². The molecule has 146 valence electrons. The summed E-state index contributed by atoms with van der Waals surface area (Å²) in [6.07, 6.45) is 2.04. The topological polar surface area (TPSA) is 35.9 Å². The summed E-state index contributed by atoms with van der Waals surface area (Å²) in [6, 6.07) is 18.9. The molecule has 5 rings (SSSR count). The number of hydrogen-bond donors (Lipinski definition) is 0. The van der Waals surface area contributed by atoms with Gasteiger partial charge < -0.3 is 9.80 Å². The summed E-state index contributed by atoms with van der Waals surface area (Å²) in [5.74, 6) is -0.125. The van der Waals surface area contributed by atoms with Crippen LogP contribution in [0.1, 0.15) is 12.5 Å². The minimum absolute atomic E-state index is 0.125. The zero-order chi connectivity index (χ0) is 19.8. The lowest BCUT2D eigenvalue weighted by Crippen LogP contribution is -2.47. The zero-order valence-electron chi connectivity index (χ0n) is 16.5. The summed E-state index contributed by atoms with van der Waals surface area (Å²) in [6.45, 7) is 7.17. The van der Waals surface area contributed by atoms with Crippen LogP contribution in [-0.4, -0.2) is 53.6 Å². The fourth-order valence-corrected chi connectivity index (χ4v) is 5.07. The summed E-state index contributed by atoms with van der Waals surface area (Å²) in [5, 5.41) is 5.55. The Morgan fingerprint density at radius 3 is 2.21 bits per heavy atom. The van der Waals surface area contributed by atoms with E-state index < -0.39 is 0 Å². The molecule has 2 heterocycles. The molecule has 2 aliphatic rings. The van der Waals surface area contributed by atoms with Crippen LogP contribution >= 0.6 is 11.8 Å². The molecule has 5 heteroatoms. The van der Waals surface area contributed by atoms with E-state index in [1.54, 1.807) is 0 Å². The van der Waals surface area contributed by atoms with Crippen molar-refractivity contribution >= 4 is 50.5 Å². The third-order valence-electron chi connectivity index (χ3n) is 5.79. The first-order chi connectivity index (χ1) is 14.2. The Balaban J connectivity index is 1.51. The van der Waals surface area contributed by atoms with E-state index in [4.69, 9.17) is 0 Å². The van der Waals surface area contributed by atoms with Gasteiger partial charge in [-0.15, -0.1) is 0 Å². The molecule has 0 N–H and O–H groups in total. The van der Waals surface area contributed by atoms with Crippen molar-refractivity contribution in [2.75, 3.05) is 32.7 Å². The third kappa shape index (κ3) is 3.45. The summed E-state index contributed by atoms with van der Waals surface area (Å²) in [4.78, 5) is 22.5. The minimum atomic E-state index is -0.125. The first-order valence-corrected chi connectivity index (χ1v) is 10.9. The highest BCUT2D eigenvalue weighted by atomic mass is 32.2. The predicted molar refractivity (Wildman–Crippen MR) is 123 cm³/mol. The molecule has 1 saturated heterocycles. The van der Waals surface area contributed by atoms with Crippen molar-refractivity contribution < 1.29 is 4.79 Å². The van der Waals surface area contributed by atoms with Crippen molar-refractivity contribution in [2.24, 2.45) is 4.99 Å². The SMILES string of the molecule is CCN1CCN(C2=NC(=O)/C(=C/c3c4ccccc4cc4ccccc34)S2)CC1. The molecule has 3 aromatic carbocycles. The first-order valence-electron chi connectivity index (χ1n) is 10.1. The Hall–Kier alpha value is -2.63. The summed E-state index contributed by atoms with van der Waals surface area (Å²) in [5.41, 5.74) is 1.10. The van der Waals surface area contributed by atoms with Gasteiger partial charge in [0.15, 0.2) is 5.17 Å². The van der Waals surface area contributed by atoms with Gasteiger partial charge in [0.1, 0.15) is 0 Å². The van der Waals surface area contributed by atoms with E-state index in [2.05, 4.69) is 76.3 Å². The second-order valence-electron chi connectivity index (χ2n) is 7.46. The zero-order valence-corrected chi connectivity index (χ0v) is 17.3. The van der Waals surface area contributed by atoms with Gasteiger partial charge in [-0.2, -0.15) is 4.99 Å². The minimum Gasteiger partial charge on any atom is -0.348 e. The van der Waals surface area contributed by atoms with Crippen LogP contribution in [0, 0.1) is 0 Å². The van der Waals surface area contributed by atoms with Gasteiger partial charge in [0.25, 0.3) is 5.91 Å². The first kappa shape index (κ1) is 18.4. The normalized spacial score (nSPS) is 19.5. The van der Waals surface area contributed by atoms with Crippen LogP contribution in [0.15, 0.2) is 64.5 Å². The molecule has 0 spiro atoms. The molecule has 29 heavy (non-hydrogen) atoms. The summed E-state index contributed by atoms with van der Waals surface area (Å²) >= 11 is 1.52. The fraction of sp³-hybridized carbons (Fsp3) is 0.250. The van der Waals surface area contributed by atoms with Gasteiger partial charge in [-0.1, -0.05) is 55.5 Å². The van der Waals surface area contributed by atoms with Crippen LogP contribution in [0.25, 0.3) is 27.6 Å². The number of hydrogen-bond acceptors (Lipinski definition) is 4. The molecule has 4 nitrogen and oxygen atoms in total. The van der Waals surface area contributed by atoms with E-state index in [0.29, 0.717) is 4.91 Å². The monoisotopic (exact) mass is 401 g/mol. The molecule has 0 saturated carbocycles. The van der Waals surface area contributed by atoms with Crippen LogP contribution < -0.4 is 0 Å². The summed E-state index contributed by atoms with van der Waals surface area (Å²) < 4.78 is 0. The molecular weight excluding hydrogens is 378 g/mol. The number of piperazine rings is 1. The second-order valence-corrected chi connectivity index (χ2v) is 8.47. The van der Waals surface area contributed by atoms with E-state index >= 15 is 0 Å². The lowest BCUT2D eigenvalue weighted by Gasteiger charge is -2.34.